The van der Waals surface area contributed by atoms with E-state index in [9.17, 15) is 13.2 Å². The Balaban J connectivity index is 3.56. The lowest BCUT2D eigenvalue weighted by Crippen LogP contribution is -2.37. The molecule has 0 N–H and O–H groups in total. The van der Waals surface area contributed by atoms with Crippen LogP contribution in [0.3, 0.4) is 0 Å². The summed E-state index contributed by atoms with van der Waals surface area (Å²) >= 11 is 0. The molecule has 0 bridgehead atoms. The summed E-state index contributed by atoms with van der Waals surface area (Å²) in [7, 11) is 5.23. The van der Waals surface area contributed by atoms with Crippen LogP contribution in [-0.4, -0.2) is 38.3 Å². The predicted octanol–water partition coefficient (Wildman–Crippen LogP) is 1.64. The first kappa shape index (κ1) is 9.75. The molecule has 0 rings (SSSR count). The molecular weight excluding hydrogens is 143 g/mol. The Hall–Kier alpha value is -0.250. The SMILES string of the molecule is C[N+](C)(C)CCC(F)(F)F. The molecule has 0 aromatic carbocycles. The first-order chi connectivity index (χ1) is 4.21. The van der Waals surface area contributed by atoms with E-state index in [0.29, 0.717) is 4.48 Å². The van der Waals surface area contributed by atoms with Gasteiger partial charge in [-0.1, -0.05) is 0 Å². The van der Waals surface area contributed by atoms with Crippen molar-refractivity contribution in [2.24, 2.45) is 0 Å². The Morgan fingerprint density at radius 3 is 1.60 bits per heavy atom. The molecule has 0 heterocycles. The van der Waals surface area contributed by atoms with Crippen molar-refractivity contribution in [1.82, 2.24) is 0 Å². The normalized spacial score (nSPS) is 13.8. The first-order valence-electron chi connectivity index (χ1n) is 3.08. The molecule has 10 heavy (non-hydrogen) atoms. The van der Waals surface area contributed by atoms with Crippen LogP contribution in [0.1, 0.15) is 6.42 Å². The highest BCUT2D eigenvalue weighted by molar-refractivity contribution is 4.47. The van der Waals surface area contributed by atoms with Crippen molar-refractivity contribution in [2.75, 3.05) is 27.7 Å². The van der Waals surface area contributed by atoms with Crippen molar-refractivity contribution in [3.05, 3.63) is 0 Å². The van der Waals surface area contributed by atoms with E-state index in [1.54, 1.807) is 21.1 Å². The zero-order chi connectivity index (χ0) is 8.41. The van der Waals surface area contributed by atoms with Crippen LogP contribution in [0.4, 0.5) is 13.2 Å². The van der Waals surface area contributed by atoms with Crippen LogP contribution in [-0.2, 0) is 0 Å². The van der Waals surface area contributed by atoms with Crippen molar-refractivity contribution in [3.8, 4) is 0 Å². The quantitative estimate of drug-likeness (QED) is 0.533. The Bertz CT molecular complexity index is 86.5. The van der Waals surface area contributed by atoms with Gasteiger partial charge < -0.3 is 4.48 Å². The van der Waals surface area contributed by atoms with E-state index in [-0.39, 0.29) is 6.54 Å². The third kappa shape index (κ3) is 7.75. The number of alkyl halides is 3. The van der Waals surface area contributed by atoms with Gasteiger partial charge in [0.2, 0.25) is 0 Å². The van der Waals surface area contributed by atoms with E-state index in [2.05, 4.69) is 0 Å². The van der Waals surface area contributed by atoms with Gasteiger partial charge in [-0.15, -0.1) is 0 Å². The van der Waals surface area contributed by atoms with Gasteiger partial charge in [0.15, 0.2) is 0 Å². The molecule has 1 nitrogen and oxygen atoms in total. The van der Waals surface area contributed by atoms with Crippen LogP contribution in [0.2, 0.25) is 0 Å². The summed E-state index contributed by atoms with van der Waals surface area (Å²) in [5, 5.41) is 0. The van der Waals surface area contributed by atoms with Gasteiger partial charge in [0, 0.05) is 0 Å². The largest absolute Gasteiger partial charge is 0.394 e. The molecule has 0 saturated heterocycles. The number of halogens is 3. The maximum absolute atomic E-state index is 11.6. The lowest BCUT2D eigenvalue weighted by molar-refractivity contribution is -0.871. The molecule has 0 radical (unpaired) electrons. The van der Waals surface area contributed by atoms with E-state index in [4.69, 9.17) is 0 Å². The molecule has 0 aliphatic heterocycles. The van der Waals surface area contributed by atoms with E-state index >= 15 is 0 Å². The minimum atomic E-state index is -4.01. The second-order valence-electron chi connectivity index (χ2n) is 3.38. The fraction of sp³-hybridized carbons (Fsp3) is 1.00. The van der Waals surface area contributed by atoms with Gasteiger partial charge in [0.05, 0.1) is 34.1 Å². The Morgan fingerprint density at radius 2 is 1.50 bits per heavy atom. The summed E-state index contributed by atoms with van der Waals surface area (Å²) in [5.74, 6) is 0. The van der Waals surface area contributed by atoms with E-state index in [0.717, 1.165) is 0 Å². The number of hydrogen-bond donors (Lipinski definition) is 0. The van der Waals surface area contributed by atoms with Gasteiger partial charge in [-0.25, -0.2) is 0 Å². The average Bonchev–Trinajstić information content (AvgIpc) is 1.57. The Labute approximate surface area is 59.0 Å². The van der Waals surface area contributed by atoms with Crippen molar-refractivity contribution in [1.29, 1.82) is 0 Å². The van der Waals surface area contributed by atoms with E-state index in [1.165, 1.54) is 0 Å². The first-order valence-corrected chi connectivity index (χ1v) is 3.08. The van der Waals surface area contributed by atoms with Crippen LogP contribution >= 0.6 is 0 Å². The lowest BCUT2D eigenvalue weighted by atomic mass is 10.4. The molecule has 0 aromatic heterocycles. The summed E-state index contributed by atoms with van der Waals surface area (Å²) in [5.41, 5.74) is 0. The van der Waals surface area contributed by atoms with Gasteiger partial charge in [-0.2, -0.15) is 13.2 Å². The van der Waals surface area contributed by atoms with Crippen molar-refractivity contribution < 1.29 is 17.7 Å². The van der Waals surface area contributed by atoms with Crippen LogP contribution in [0.25, 0.3) is 0 Å². The summed E-state index contributed by atoms with van der Waals surface area (Å²) < 4.78 is 35.1. The fourth-order valence-electron chi connectivity index (χ4n) is 0.462. The number of rotatable bonds is 2. The second-order valence-corrected chi connectivity index (χ2v) is 3.38. The smallest absolute Gasteiger partial charge is 0.331 e. The molecule has 62 valence electrons. The number of nitrogens with zero attached hydrogens (tertiary/aromatic N) is 1. The molecule has 0 fully saturated rings. The highest BCUT2D eigenvalue weighted by Crippen LogP contribution is 2.20. The minimum absolute atomic E-state index is 0.142. The van der Waals surface area contributed by atoms with E-state index in [1.807, 2.05) is 0 Å². The van der Waals surface area contributed by atoms with Crippen LogP contribution in [0.5, 0.6) is 0 Å². The highest BCUT2D eigenvalue weighted by Gasteiger charge is 2.29. The maximum Gasteiger partial charge on any atom is 0.394 e. The van der Waals surface area contributed by atoms with Crippen LogP contribution in [0, 0.1) is 0 Å². The second kappa shape index (κ2) is 2.78. The molecule has 0 atom stereocenters. The molecule has 0 aliphatic rings. The summed E-state index contributed by atoms with van der Waals surface area (Å²) in [6, 6.07) is 0. The van der Waals surface area contributed by atoms with Gasteiger partial charge in [-0.05, 0) is 0 Å². The monoisotopic (exact) mass is 156 g/mol. The Morgan fingerprint density at radius 1 is 1.10 bits per heavy atom. The third-order valence-electron chi connectivity index (χ3n) is 1.07. The molecule has 0 spiro atoms. The fourth-order valence-corrected chi connectivity index (χ4v) is 0.462. The zero-order valence-corrected chi connectivity index (χ0v) is 6.50. The maximum atomic E-state index is 11.6. The summed E-state index contributed by atoms with van der Waals surface area (Å²) in [6.07, 6.45) is -4.71. The third-order valence-corrected chi connectivity index (χ3v) is 1.07. The van der Waals surface area contributed by atoms with Gasteiger partial charge in [0.1, 0.15) is 0 Å². The van der Waals surface area contributed by atoms with Crippen molar-refractivity contribution in [2.45, 2.75) is 12.6 Å². The van der Waals surface area contributed by atoms with Crippen LogP contribution < -0.4 is 0 Å². The van der Waals surface area contributed by atoms with Crippen LogP contribution in [0.15, 0.2) is 0 Å². The van der Waals surface area contributed by atoms with Crippen molar-refractivity contribution in [3.63, 3.8) is 0 Å². The summed E-state index contributed by atoms with van der Waals surface area (Å²) in [6.45, 7) is 0.142. The van der Waals surface area contributed by atoms with Crippen molar-refractivity contribution >= 4 is 0 Å². The van der Waals surface area contributed by atoms with E-state index < -0.39 is 12.6 Å². The molecule has 0 aliphatic carbocycles. The highest BCUT2D eigenvalue weighted by atomic mass is 19.4. The topological polar surface area (TPSA) is 0 Å². The predicted molar refractivity (Wildman–Crippen MR) is 33.6 cm³/mol. The molecule has 0 unspecified atom stereocenters. The number of quaternary nitrogens is 1. The molecular formula is C6H13F3N+. The number of hydrogen-bond acceptors (Lipinski definition) is 0. The average molecular weight is 156 g/mol. The zero-order valence-electron chi connectivity index (χ0n) is 6.50. The lowest BCUT2D eigenvalue weighted by Gasteiger charge is -2.24. The van der Waals surface area contributed by atoms with Gasteiger partial charge in [-0.3, -0.25) is 0 Å². The molecule has 0 amide bonds. The Kier molecular flexibility index (Phi) is 2.71. The standard InChI is InChI=1S/C6H13F3N/c1-10(2,3)5-4-6(7,8)9/h4-5H2,1-3H3/q+1. The minimum Gasteiger partial charge on any atom is -0.331 e. The van der Waals surface area contributed by atoms with Gasteiger partial charge >= 0.3 is 6.18 Å². The van der Waals surface area contributed by atoms with Gasteiger partial charge in [0.25, 0.3) is 0 Å². The molecule has 0 saturated carbocycles. The summed E-state index contributed by atoms with van der Waals surface area (Å²) in [4.78, 5) is 0. The molecule has 0 aromatic rings. The molecule has 4 heteroatoms.